The molecule has 0 saturated carbocycles. The smallest absolute Gasteiger partial charge is 0.166 e. The van der Waals surface area contributed by atoms with Crippen LogP contribution in [0.15, 0.2) is 12.4 Å². The molecule has 3 N–H and O–H groups in total. The second-order valence-electron chi connectivity index (χ2n) is 4.09. The number of nitriles is 1. The second kappa shape index (κ2) is 4.70. The molecule has 88 valence electrons. The molecule has 17 heavy (non-hydrogen) atoms. The van der Waals surface area contributed by atoms with Crippen molar-refractivity contribution in [2.24, 2.45) is 0 Å². The molecule has 0 saturated heterocycles. The van der Waals surface area contributed by atoms with E-state index in [1.54, 1.807) is 12.4 Å². The molecule has 0 fully saturated rings. The molecule has 0 aliphatic carbocycles. The van der Waals surface area contributed by atoms with E-state index < -0.39 is 0 Å². The Bertz CT molecular complexity index is 517. The quantitative estimate of drug-likeness (QED) is 0.745. The zero-order valence-corrected chi connectivity index (χ0v) is 9.78. The van der Waals surface area contributed by atoms with Crippen LogP contribution in [0.25, 0.3) is 0 Å². The summed E-state index contributed by atoms with van der Waals surface area (Å²) in [6.45, 7) is 4.63. The minimum absolute atomic E-state index is 0.252. The number of hydrogen-bond acceptors (Lipinski definition) is 4. The fourth-order valence-corrected chi connectivity index (χ4v) is 1.57. The Balaban J connectivity index is 2.14. The second-order valence-corrected chi connectivity index (χ2v) is 4.09. The van der Waals surface area contributed by atoms with Crippen molar-refractivity contribution < 1.29 is 0 Å². The number of anilines is 1. The van der Waals surface area contributed by atoms with Gasteiger partial charge >= 0.3 is 0 Å². The van der Waals surface area contributed by atoms with Gasteiger partial charge in [-0.25, -0.2) is 0 Å². The summed E-state index contributed by atoms with van der Waals surface area (Å²) >= 11 is 0. The summed E-state index contributed by atoms with van der Waals surface area (Å²) in [7, 11) is 0. The highest BCUT2D eigenvalue weighted by molar-refractivity contribution is 5.55. The van der Waals surface area contributed by atoms with E-state index in [0.717, 1.165) is 11.3 Å². The lowest BCUT2D eigenvalue weighted by Gasteiger charge is -2.02. The fourth-order valence-electron chi connectivity index (χ4n) is 1.57. The minimum Gasteiger partial charge on any atom is -0.363 e. The summed E-state index contributed by atoms with van der Waals surface area (Å²) in [5.41, 5.74) is 2.47. The summed E-state index contributed by atoms with van der Waals surface area (Å²) in [6.07, 6.45) is 3.53. The summed E-state index contributed by atoms with van der Waals surface area (Å²) < 4.78 is 0. The van der Waals surface area contributed by atoms with Gasteiger partial charge in [0.05, 0.1) is 11.9 Å². The molecule has 6 heteroatoms. The van der Waals surface area contributed by atoms with Crippen LogP contribution in [0.2, 0.25) is 0 Å². The number of nitrogens with one attached hydrogen (secondary N) is 3. The lowest BCUT2D eigenvalue weighted by Crippen LogP contribution is -2.00. The molecule has 0 unspecified atom stereocenters. The maximum Gasteiger partial charge on any atom is 0.166 e. The Morgan fingerprint density at radius 2 is 2.35 bits per heavy atom. The van der Waals surface area contributed by atoms with Gasteiger partial charge in [-0.3, -0.25) is 10.2 Å². The fraction of sp³-hybridized carbons (Fsp3) is 0.364. The van der Waals surface area contributed by atoms with Gasteiger partial charge in [0.25, 0.3) is 0 Å². The van der Waals surface area contributed by atoms with Crippen LogP contribution < -0.4 is 5.32 Å². The molecule has 0 spiro atoms. The van der Waals surface area contributed by atoms with Crippen molar-refractivity contribution in [3.63, 3.8) is 0 Å². The van der Waals surface area contributed by atoms with Crippen LogP contribution in [0.4, 0.5) is 5.82 Å². The highest BCUT2D eigenvalue weighted by atomic mass is 15.2. The summed E-state index contributed by atoms with van der Waals surface area (Å²) in [5.74, 6) is 0.846. The predicted molar refractivity (Wildman–Crippen MR) is 63.3 cm³/mol. The molecule has 2 rings (SSSR count). The molecule has 0 bridgehead atoms. The van der Waals surface area contributed by atoms with E-state index in [2.05, 4.69) is 31.8 Å². The SMILES string of the molecule is CC(C)c1[nH]nc(NCc2cn[nH]c2)c1C#N. The van der Waals surface area contributed by atoms with Gasteiger partial charge in [-0.1, -0.05) is 13.8 Å². The lowest BCUT2D eigenvalue weighted by atomic mass is 10.1. The van der Waals surface area contributed by atoms with Gasteiger partial charge in [-0.15, -0.1) is 0 Å². The Morgan fingerprint density at radius 3 is 2.94 bits per heavy atom. The van der Waals surface area contributed by atoms with E-state index in [1.165, 1.54) is 0 Å². The van der Waals surface area contributed by atoms with Crippen LogP contribution in [-0.2, 0) is 6.54 Å². The third-order valence-corrected chi connectivity index (χ3v) is 2.50. The van der Waals surface area contributed by atoms with Crippen LogP contribution in [0, 0.1) is 11.3 Å². The number of aromatic nitrogens is 4. The molecule has 0 atom stereocenters. The Morgan fingerprint density at radius 1 is 1.53 bits per heavy atom. The molecule has 0 radical (unpaired) electrons. The van der Waals surface area contributed by atoms with Crippen molar-refractivity contribution in [1.29, 1.82) is 5.26 Å². The number of rotatable bonds is 4. The van der Waals surface area contributed by atoms with E-state index in [4.69, 9.17) is 5.26 Å². The molecular formula is C11H14N6. The first-order chi connectivity index (χ1) is 8.22. The average molecular weight is 230 g/mol. The molecule has 2 aromatic heterocycles. The lowest BCUT2D eigenvalue weighted by molar-refractivity contribution is 0.808. The van der Waals surface area contributed by atoms with Crippen molar-refractivity contribution in [3.05, 3.63) is 29.2 Å². The van der Waals surface area contributed by atoms with Gasteiger partial charge in [-0.2, -0.15) is 15.5 Å². The zero-order valence-electron chi connectivity index (χ0n) is 9.78. The van der Waals surface area contributed by atoms with Crippen LogP contribution in [0.5, 0.6) is 0 Å². The monoisotopic (exact) mass is 230 g/mol. The molecule has 0 aliphatic rings. The minimum atomic E-state index is 0.252. The summed E-state index contributed by atoms with van der Waals surface area (Å²) in [6, 6.07) is 2.18. The molecule has 2 aromatic rings. The Labute approximate surface area is 99.1 Å². The van der Waals surface area contributed by atoms with Gasteiger partial charge in [0.2, 0.25) is 0 Å². The standard InChI is InChI=1S/C11H14N6/c1-7(2)10-9(3-12)11(17-16-10)13-4-8-5-14-15-6-8/h5-7H,4H2,1-2H3,(H,14,15)(H2,13,16,17). The maximum absolute atomic E-state index is 9.13. The van der Waals surface area contributed by atoms with Crippen molar-refractivity contribution in [3.8, 4) is 6.07 Å². The molecule has 0 aromatic carbocycles. The first-order valence-corrected chi connectivity index (χ1v) is 5.42. The van der Waals surface area contributed by atoms with Crippen LogP contribution in [0.1, 0.15) is 36.6 Å². The third-order valence-electron chi connectivity index (χ3n) is 2.50. The highest BCUT2D eigenvalue weighted by Gasteiger charge is 2.14. The molecular weight excluding hydrogens is 216 g/mol. The number of nitrogens with zero attached hydrogens (tertiary/aromatic N) is 3. The normalized spacial score (nSPS) is 10.5. The molecule has 2 heterocycles. The Kier molecular flexibility index (Phi) is 3.10. The number of aromatic amines is 2. The average Bonchev–Trinajstić information content (AvgIpc) is 2.95. The van der Waals surface area contributed by atoms with Crippen molar-refractivity contribution in [2.75, 3.05) is 5.32 Å². The topological polar surface area (TPSA) is 93.2 Å². The van der Waals surface area contributed by atoms with Gasteiger partial charge < -0.3 is 5.32 Å². The number of hydrogen-bond donors (Lipinski definition) is 3. The zero-order chi connectivity index (χ0) is 12.3. The van der Waals surface area contributed by atoms with Crippen LogP contribution in [0.3, 0.4) is 0 Å². The molecule has 0 aliphatic heterocycles. The first-order valence-electron chi connectivity index (χ1n) is 5.42. The van der Waals surface area contributed by atoms with E-state index in [0.29, 0.717) is 17.9 Å². The maximum atomic E-state index is 9.13. The first kappa shape index (κ1) is 11.2. The summed E-state index contributed by atoms with van der Waals surface area (Å²) in [4.78, 5) is 0. The van der Waals surface area contributed by atoms with Crippen molar-refractivity contribution in [1.82, 2.24) is 20.4 Å². The van der Waals surface area contributed by atoms with Crippen molar-refractivity contribution in [2.45, 2.75) is 26.3 Å². The summed E-state index contributed by atoms with van der Waals surface area (Å²) in [5, 5.41) is 25.8. The van der Waals surface area contributed by atoms with Crippen molar-refractivity contribution >= 4 is 5.82 Å². The predicted octanol–water partition coefficient (Wildman–Crippen LogP) is 1.74. The van der Waals surface area contributed by atoms with Gasteiger partial charge in [0.15, 0.2) is 5.82 Å². The molecule has 6 nitrogen and oxygen atoms in total. The van der Waals surface area contributed by atoms with E-state index in [1.807, 2.05) is 13.8 Å². The van der Waals surface area contributed by atoms with Gasteiger partial charge in [0.1, 0.15) is 11.6 Å². The Hall–Kier alpha value is -2.29. The number of H-pyrrole nitrogens is 2. The largest absolute Gasteiger partial charge is 0.363 e. The van der Waals surface area contributed by atoms with Crippen LogP contribution >= 0.6 is 0 Å². The highest BCUT2D eigenvalue weighted by Crippen LogP contribution is 2.22. The van der Waals surface area contributed by atoms with E-state index in [9.17, 15) is 0 Å². The third kappa shape index (κ3) is 2.28. The van der Waals surface area contributed by atoms with E-state index in [-0.39, 0.29) is 5.92 Å². The van der Waals surface area contributed by atoms with Gasteiger partial charge in [-0.05, 0) is 5.92 Å². The molecule has 0 amide bonds. The van der Waals surface area contributed by atoms with Crippen LogP contribution in [-0.4, -0.2) is 20.4 Å². The van der Waals surface area contributed by atoms with Gasteiger partial charge in [0, 0.05) is 18.3 Å². The van der Waals surface area contributed by atoms with E-state index >= 15 is 0 Å².